The van der Waals surface area contributed by atoms with Gasteiger partial charge in [-0.3, -0.25) is 0 Å². The Hall–Kier alpha value is 2.01. The molecule has 2 radical (unpaired) electrons. The van der Waals surface area contributed by atoms with Crippen LogP contribution in [0.1, 0.15) is 0 Å². The van der Waals surface area contributed by atoms with Crippen LogP contribution in [0.3, 0.4) is 0 Å². The van der Waals surface area contributed by atoms with Crippen molar-refractivity contribution in [1.29, 1.82) is 0 Å². The molecule has 0 heterocycles. The minimum absolute atomic E-state index is 0. The third kappa shape index (κ3) is 23.9. The third-order valence-electron chi connectivity index (χ3n) is 0. The Kier molecular flexibility index (Phi) is 12.1. The zero-order valence-corrected chi connectivity index (χ0v) is 7.00. The van der Waals surface area contributed by atoms with E-state index in [0.717, 1.165) is 0 Å². The van der Waals surface area contributed by atoms with Gasteiger partial charge in [0, 0.05) is 18.9 Å². The Bertz CT molecular complexity index is 11.6. The molecule has 5 heteroatoms. The summed E-state index contributed by atoms with van der Waals surface area (Å²) in [6.07, 6.45) is 0. The molecule has 26 valence electrons. The average Bonchev–Trinajstić information content (AvgIpc) is 0.811. The van der Waals surface area contributed by atoms with E-state index in [4.69, 9.17) is 30.0 Å². The van der Waals surface area contributed by atoms with Crippen molar-refractivity contribution in [2.45, 2.75) is 0 Å². The molecule has 0 aromatic carbocycles. The van der Waals surface area contributed by atoms with E-state index in [-0.39, 0.29) is 18.9 Å². The van der Waals surface area contributed by atoms with E-state index in [1.54, 1.807) is 0 Å². The van der Waals surface area contributed by atoms with Gasteiger partial charge >= 0.3 is 41.6 Å². The van der Waals surface area contributed by atoms with E-state index in [9.17, 15) is 0 Å². The first-order valence-corrected chi connectivity index (χ1v) is 8.84. The summed E-state index contributed by atoms with van der Waals surface area (Å²) in [5.74, 6) is 0. The molecule has 5 heavy (non-hydrogen) atoms. The maximum Gasteiger partial charge on any atom is 0 e. The molecular weight excluding hydrogens is 186 g/mol. The van der Waals surface area contributed by atoms with Gasteiger partial charge in [0.25, 0.3) is 0 Å². The number of hydrogen-bond donors (Lipinski definition) is 0. The monoisotopic (exact) mass is 186 g/mol. The molecule has 0 N–H and O–H groups in total. The van der Waals surface area contributed by atoms with Crippen molar-refractivity contribution in [2.24, 2.45) is 0 Å². The van der Waals surface area contributed by atoms with Crippen LogP contribution in [0.25, 0.3) is 0 Å². The summed E-state index contributed by atoms with van der Waals surface area (Å²) in [7, 11) is 14.9. The van der Waals surface area contributed by atoms with Crippen LogP contribution in [0.15, 0.2) is 0 Å². The minimum atomic E-state index is -1.92. The first-order valence-electron chi connectivity index (χ1n) is 0.567. The standard InChI is InChI=1S/Cl3Ge.Li/c1-4(2)3;. The first-order chi connectivity index (χ1) is 1.73. The maximum absolute atomic E-state index is 4.97. The number of rotatable bonds is 0. The van der Waals surface area contributed by atoms with Gasteiger partial charge in [-0.15, -0.1) is 0 Å². The predicted molar refractivity (Wildman–Crippen MR) is 29.1 cm³/mol. The number of hydrogen-bond acceptors (Lipinski definition) is 0. The predicted octanol–water partition coefficient (Wildman–Crippen LogP) is 1.31. The summed E-state index contributed by atoms with van der Waals surface area (Å²) in [6.45, 7) is 0. The fourth-order valence-electron chi connectivity index (χ4n) is 0. The second kappa shape index (κ2) is 6.01. The first kappa shape index (κ1) is 10.1. The van der Waals surface area contributed by atoms with E-state index in [0.29, 0.717) is 0 Å². The molecule has 0 fully saturated rings. The molecule has 0 unspecified atom stereocenters. The van der Waals surface area contributed by atoms with Crippen LogP contribution < -0.4 is 0 Å². The van der Waals surface area contributed by atoms with Crippen molar-refractivity contribution < 1.29 is 0 Å². The molecule has 0 atom stereocenters. The summed E-state index contributed by atoms with van der Waals surface area (Å²) in [5, 5.41) is 0. The van der Waals surface area contributed by atoms with Crippen molar-refractivity contribution >= 4 is 60.5 Å². The van der Waals surface area contributed by atoms with Gasteiger partial charge in [-0.1, -0.05) is 0 Å². The van der Waals surface area contributed by atoms with Crippen LogP contribution in [0.2, 0.25) is 0 Å². The SMILES string of the molecule is [Cl][Ge]([Cl])[Cl].[Li]. The number of halogens is 3. The Balaban J connectivity index is 0. The molecule has 0 aliphatic heterocycles. The second-order valence-electron chi connectivity index (χ2n) is 0.214. The van der Waals surface area contributed by atoms with Crippen molar-refractivity contribution in [3.8, 4) is 0 Å². The topological polar surface area (TPSA) is 0 Å². The molecule has 0 rings (SSSR count). The zero-order valence-electron chi connectivity index (χ0n) is 2.63. The van der Waals surface area contributed by atoms with E-state index in [1.807, 2.05) is 0 Å². The maximum atomic E-state index is 4.97. The zero-order chi connectivity index (χ0) is 3.58. The summed E-state index contributed by atoms with van der Waals surface area (Å²) < 4.78 is 0. The molecule has 0 aromatic heterocycles. The molecule has 0 saturated heterocycles. The van der Waals surface area contributed by atoms with Crippen LogP contribution in [0.4, 0.5) is 0 Å². The van der Waals surface area contributed by atoms with Gasteiger partial charge in [0.15, 0.2) is 0 Å². The molecule has 0 aliphatic rings. The molecule has 0 spiro atoms. The van der Waals surface area contributed by atoms with Crippen LogP contribution in [-0.2, 0) is 0 Å². The molecule has 0 amide bonds. The fourth-order valence-corrected chi connectivity index (χ4v) is 0. The van der Waals surface area contributed by atoms with E-state index in [1.165, 1.54) is 0 Å². The minimum Gasteiger partial charge on any atom is 0 e. The fraction of sp³-hybridized carbons (Fsp3) is 0. The van der Waals surface area contributed by atoms with Gasteiger partial charge in [-0.2, -0.15) is 0 Å². The smallest absolute Gasteiger partial charge is 0 e. The van der Waals surface area contributed by atoms with Crippen LogP contribution in [0.5, 0.6) is 0 Å². The van der Waals surface area contributed by atoms with E-state index in [2.05, 4.69) is 0 Å². The summed E-state index contributed by atoms with van der Waals surface area (Å²) in [6, 6.07) is 0. The Labute approximate surface area is 60.0 Å². The van der Waals surface area contributed by atoms with Crippen LogP contribution in [-0.4, -0.2) is 30.4 Å². The van der Waals surface area contributed by atoms with E-state index >= 15 is 0 Å². The summed E-state index contributed by atoms with van der Waals surface area (Å²) >= 11 is -1.92. The molecular formula is Cl3GeLi. The quantitative estimate of drug-likeness (QED) is 0.500. The Morgan fingerprint density at radius 2 is 1.00 bits per heavy atom. The second-order valence-corrected chi connectivity index (χ2v) is 10.0. The summed E-state index contributed by atoms with van der Waals surface area (Å²) in [5.41, 5.74) is 0. The molecule has 0 aliphatic carbocycles. The van der Waals surface area contributed by atoms with Crippen molar-refractivity contribution in [2.75, 3.05) is 0 Å². The largest absolute Gasteiger partial charge is 0 e. The molecule has 0 bridgehead atoms. The molecule has 0 aromatic rings. The van der Waals surface area contributed by atoms with Gasteiger partial charge in [-0.05, 0) is 0 Å². The summed E-state index contributed by atoms with van der Waals surface area (Å²) in [4.78, 5) is 0. The normalized spacial score (nSPS) is 7.20. The van der Waals surface area contributed by atoms with Crippen LogP contribution in [0, 0.1) is 0 Å². The molecule has 0 saturated carbocycles. The Morgan fingerprint density at radius 1 is 1.00 bits per heavy atom. The van der Waals surface area contributed by atoms with E-state index < -0.39 is 11.6 Å². The van der Waals surface area contributed by atoms with Gasteiger partial charge < -0.3 is 0 Å². The van der Waals surface area contributed by atoms with Gasteiger partial charge in [0.05, 0.1) is 0 Å². The van der Waals surface area contributed by atoms with Crippen molar-refractivity contribution in [3.05, 3.63) is 0 Å². The van der Waals surface area contributed by atoms with Crippen molar-refractivity contribution in [1.82, 2.24) is 0 Å². The van der Waals surface area contributed by atoms with Gasteiger partial charge in [-0.25, -0.2) is 0 Å². The third-order valence-corrected chi connectivity index (χ3v) is 0. The van der Waals surface area contributed by atoms with Crippen LogP contribution >= 0.6 is 30.0 Å². The Morgan fingerprint density at radius 3 is 1.00 bits per heavy atom. The van der Waals surface area contributed by atoms with Crippen molar-refractivity contribution in [3.63, 3.8) is 0 Å². The van der Waals surface area contributed by atoms with Gasteiger partial charge in [0.1, 0.15) is 0 Å². The molecule has 0 nitrogen and oxygen atoms in total. The van der Waals surface area contributed by atoms with Gasteiger partial charge in [0.2, 0.25) is 0 Å². The average molecular weight is 186 g/mol.